The second-order valence-electron chi connectivity index (χ2n) is 4.24. The Morgan fingerprint density at radius 3 is 2.85 bits per heavy atom. The van der Waals surface area contributed by atoms with Crippen LogP contribution < -0.4 is 5.32 Å². The number of thiocarbonyl (C=S) groups is 1. The number of pyridine rings is 1. The fourth-order valence-electron chi connectivity index (χ4n) is 1.90. The van der Waals surface area contributed by atoms with Crippen LogP contribution in [0.4, 0.5) is 0 Å². The van der Waals surface area contributed by atoms with Gasteiger partial charge in [-0.1, -0.05) is 0 Å². The minimum absolute atomic E-state index is 0.164. The van der Waals surface area contributed by atoms with Gasteiger partial charge in [0.15, 0.2) is 5.11 Å². The van der Waals surface area contributed by atoms with E-state index in [4.69, 9.17) is 16.6 Å². The van der Waals surface area contributed by atoms with Crippen LogP contribution in [0.1, 0.15) is 11.3 Å². The number of amides is 1. The van der Waals surface area contributed by atoms with Crippen LogP contribution >= 0.6 is 12.2 Å². The summed E-state index contributed by atoms with van der Waals surface area (Å²) in [5, 5.41) is 3.30. The molecular weight excluding hydrogens is 274 g/mol. The number of carbonyl (C=O) groups is 1. The molecule has 0 unspecified atom stereocenters. The average molecular weight is 285 g/mol. The molecule has 0 atom stereocenters. The maximum Gasteiger partial charge on any atom is 0.276 e. The van der Waals surface area contributed by atoms with Gasteiger partial charge in [0.1, 0.15) is 11.5 Å². The van der Waals surface area contributed by atoms with E-state index in [1.807, 2.05) is 12.1 Å². The summed E-state index contributed by atoms with van der Waals surface area (Å²) in [5.41, 5.74) is 1.34. The monoisotopic (exact) mass is 285 g/mol. The van der Waals surface area contributed by atoms with Crippen molar-refractivity contribution in [2.24, 2.45) is 0 Å². The number of furan rings is 1. The summed E-state index contributed by atoms with van der Waals surface area (Å²) >= 11 is 5.18. The minimum atomic E-state index is -0.164. The Labute approximate surface area is 120 Å². The summed E-state index contributed by atoms with van der Waals surface area (Å²) in [5.74, 6) is 0.524. The van der Waals surface area contributed by atoms with Crippen LogP contribution in [0.2, 0.25) is 0 Å². The molecule has 1 aliphatic heterocycles. The van der Waals surface area contributed by atoms with Gasteiger partial charge in [-0.05, 0) is 48.1 Å². The zero-order valence-corrected chi connectivity index (χ0v) is 11.3. The van der Waals surface area contributed by atoms with E-state index in [0.29, 0.717) is 23.1 Å². The Morgan fingerprint density at radius 2 is 2.15 bits per heavy atom. The maximum atomic E-state index is 12.3. The van der Waals surface area contributed by atoms with Crippen LogP contribution in [0, 0.1) is 0 Å². The summed E-state index contributed by atoms with van der Waals surface area (Å²) in [6.45, 7) is 0.325. The van der Waals surface area contributed by atoms with Crippen LogP contribution in [0.5, 0.6) is 0 Å². The lowest BCUT2D eigenvalue weighted by Crippen LogP contribution is -2.29. The summed E-state index contributed by atoms with van der Waals surface area (Å²) in [6.07, 6.45) is 6.66. The molecule has 0 spiro atoms. The molecule has 1 fully saturated rings. The van der Waals surface area contributed by atoms with Crippen molar-refractivity contribution in [3.8, 4) is 0 Å². The number of hydrogen-bond donors (Lipinski definition) is 1. The lowest BCUT2D eigenvalue weighted by molar-refractivity contribution is -0.122. The van der Waals surface area contributed by atoms with Crippen LogP contribution in [0.15, 0.2) is 53.0 Å². The molecule has 0 aliphatic carbocycles. The van der Waals surface area contributed by atoms with Crippen molar-refractivity contribution in [1.29, 1.82) is 0 Å². The van der Waals surface area contributed by atoms with Crippen LogP contribution in [-0.4, -0.2) is 20.9 Å². The Balaban J connectivity index is 1.82. The Morgan fingerprint density at radius 1 is 1.35 bits per heavy atom. The Hall–Kier alpha value is -2.47. The zero-order valence-electron chi connectivity index (χ0n) is 10.4. The largest absolute Gasteiger partial charge is 0.467 e. The predicted octanol–water partition coefficient (Wildman–Crippen LogP) is 1.93. The molecule has 3 heterocycles. The summed E-state index contributed by atoms with van der Waals surface area (Å²) in [6, 6.07) is 7.22. The molecule has 2 aromatic heterocycles. The van der Waals surface area contributed by atoms with Gasteiger partial charge in [0.2, 0.25) is 0 Å². The fraction of sp³-hybridized carbons (Fsp3) is 0.0714. The van der Waals surface area contributed by atoms with Gasteiger partial charge in [-0.2, -0.15) is 0 Å². The van der Waals surface area contributed by atoms with Gasteiger partial charge in [-0.15, -0.1) is 0 Å². The zero-order chi connectivity index (χ0) is 13.9. The van der Waals surface area contributed by atoms with Crippen molar-refractivity contribution in [2.45, 2.75) is 6.54 Å². The van der Waals surface area contributed by atoms with Crippen molar-refractivity contribution in [3.05, 3.63) is 59.9 Å². The lowest BCUT2D eigenvalue weighted by atomic mass is 10.2. The van der Waals surface area contributed by atoms with Gasteiger partial charge in [-0.3, -0.25) is 14.7 Å². The minimum Gasteiger partial charge on any atom is -0.467 e. The molecule has 0 saturated carbocycles. The van der Waals surface area contributed by atoms with E-state index < -0.39 is 0 Å². The standard InChI is InChI=1S/C14H11N3O2S/c18-13-12(8-10-3-5-15-6-4-10)16-14(20)17(13)9-11-2-1-7-19-11/h1-8H,9H2,(H,16,20)/b12-8-. The molecule has 5 nitrogen and oxygen atoms in total. The van der Waals surface area contributed by atoms with E-state index in [2.05, 4.69) is 10.3 Å². The first kappa shape index (κ1) is 12.6. The van der Waals surface area contributed by atoms with E-state index in [9.17, 15) is 4.79 Å². The fourth-order valence-corrected chi connectivity index (χ4v) is 2.16. The molecule has 3 rings (SSSR count). The molecule has 6 heteroatoms. The van der Waals surface area contributed by atoms with Gasteiger partial charge < -0.3 is 9.73 Å². The lowest BCUT2D eigenvalue weighted by Gasteiger charge is -2.11. The third-order valence-electron chi connectivity index (χ3n) is 2.87. The molecule has 1 amide bonds. The van der Waals surface area contributed by atoms with Gasteiger partial charge in [0, 0.05) is 12.4 Å². The Kier molecular flexibility index (Phi) is 3.30. The van der Waals surface area contributed by atoms with Crippen LogP contribution in [0.3, 0.4) is 0 Å². The molecule has 1 saturated heterocycles. The molecule has 1 aliphatic rings. The highest BCUT2D eigenvalue weighted by molar-refractivity contribution is 7.80. The molecule has 0 radical (unpaired) electrons. The van der Waals surface area contributed by atoms with Gasteiger partial charge >= 0.3 is 0 Å². The molecule has 0 aromatic carbocycles. The second-order valence-corrected chi connectivity index (χ2v) is 4.63. The van der Waals surface area contributed by atoms with E-state index in [0.717, 1.165) is 5.56 Å². The van der Waals surface area contributed by atoms with Gasteiger partial charge in [0.25, 0.3) is 5.91 Å². The third-order valence-corrected chi connectivity index (χ3v) is 3.20. The first-order valence-electron chi connectivity index (χ1n) is 6.01. The highest BCUT2D eigenvalue weighted by Crippen LogP contribution is 2.16. The van der Waals surface area contributed by atoms with E-state index in [1.54, 1.807) is 36.9 Å². The normalized spacial score (nSPS) is 16.8. The maximum absolute atomic E-state index is 12.3. The SMILES string of the molecule is O=C1/C(=C/c2ccncc2)NC(=S)N1Cc1ccco1. The quantitative estimate of drug-likeness (QED) is 0.690. The molecule has 2 aromatic rings. The molecule has 100 valence electrons. The first-order chi connectivity index (χ1) is 9.74. The third kappa shape index (κ3) is 2.46. The predicted molar refractivity (Wildman–Crippen MR) is 77.2 cm³/mol. The summed E-state index contributed by atoms with van der Waals surface area (Å²) in [4.78, 5) is 17.7. The van der Waals surface area contributed by atoms with Crippen molar-refractivity contribution in [2.75, 3.05) is 0 Å². The number of nitrogens with one attached hydrogen (secondary N) is 1. The van der Waals surface area contributed by atoms with Crippen LogP contribution in [0.25, 0.3) is 6.08 Å². The van der Waals surface area contributed by atoms with Crippen molar-refractivity contribution >= 4 is 29.3 Å². The van der Waals surface area contributed by atoms with Crippen molar-refractivity contribution in [3.63, 3.8) is 0 Å². The van der Waals surface area contributed by atoms with Gasteiger partial charge in [0.05, 0.1) is 12.8 Å². The number of carbonyl (C=O) groups excluding carboxylic acids is 1. The number of hydrogen-bond acceptors (Lipinski definition) is 4. The molecule has 20 heavy (non-hydrogen) atoms. The Bertz CT molecular complexity index is 665. The van der Waals surface area contributed by atoms with Crippen molar-refractivity contribution < 1.29 is 9.21 Å². The molecule has 1 N–H and O–H groups in total. The number of aromatic nitrogens is 1. The van der Waals surface area contributed by atoms with E-state index in [-0.39, 0.29) is 5.91 Å². The van der Waals surface area contributed by atoms with E-state index >= 15 is 0 Å². The topological polar surface area (TPSA) is 58.4 Å². The van der Waals surface area contributed by atoms with E-state index in [1.165, 1.54) is 4.90 Å². The molecular formula is C14H11N3O2S. The second kappa shape index (κ2) is 5.26. The average Bonchev–Trinajstić information content (AvgIpc) is 3.05. The molecule has 0 bridgehead atoms. The van der Waals surface area contributed by atoms with Gasteiger partial charge in [-0.25, -0.2) is 0 Å². The van der Waals surface area contributed by atoms with Crippen molar-refractivity contribution in [1.82, 2.24) is 15.2 Å². The van der Waals surface area contributed by atoms with Crippen LogP contribution in [-0.2, 0) is 11.3 Å². The highest BCUT2D eigenvalue weighted by atomic mass is 32.1. The highest BCUT2D eigenvalue weighted by Gasteiger charge is 2.31. The number of nitrogens with zero attached hydrogens (tertiary/aromatic N) is 2. The smallest absolute Gasteiger partial charge is 0.276 e. The number of rotatable bonds is 3. The first-order valence-corrected chi connectivity index (χ1v) is 6.42. The summed E-state index contributed by atoms with van der Waals surface area (Å²) in [7, 11) is 0. The summed E-state index contributed by atoms with van der Waals surface area (Å²) < 4.78 is 5.24.